The molecule has 41 heavy (non-hydrogen) atoms. The second-order valence-electron chi connectivity index (χ2n) is 11.2. The minimum atomic E-state index is -1.40. The number of nitrogens with two attached hydrogens (primary N) is 2. The highest BCUT2D eigenvalue weighted by molar-refractivity contribution is 5.95. The SMILES string of the molecule is CCCCCCCCCCCC(O)CC(=O)NC(CC(N)=O)C(=O)NC(CCC(N)=O)C(=O)NC(C=O)CC(C)C. The summed E-state index contributed by atoms with van der Waals surface area (Å²) in [6, 6.07) is -3.46. The quantitative estimate of drug-likeness (QED) is 0.0688. The van der Waals surface area contributed by atoms with Gasteiger partial charge in [0.2, 0.25) is 29.5 Å². The second-order valence-corrected chi connectivity index (χ2v) is 11.2. The number of aliphatic hydroxyl groups excluding tert-OH is 1. The molecule has 0 heterocycles. The molecule has 0 rings (SSSR count). The van der Waals surface area contributed by atoms with Gasteiger partial charge >= 0.3 is 0 Å². The molecule has 5 amide bonds. The number of primary amides is 2. The van der Waals surface area contributed by atoms with Crippen molar-refractivity contribution in [3.8, 4) is 0 Å². The first-order valence-electron chi connectivity index (χ1n) is 15.0. The van der Waals surface area contributed by atoms with Crippen molar-refractivity contribution < 1.29 is 33.9 Å². The third-order valence-electron chi connectivity index (χ3n) is 6.65. The molecule has 0 spiro atoms. The smallest absolute Gasteiger partial charge is 0.243 e. The maximum absolute atomic E-state index is 13.0. The Morgan fingerprint density at radius 1 is 0.732 bits per heavy atom. The van der Waals surface area contributed by atoms with Gasteiger partial charge in [-0.05, 0) is 25.2 Å². The summed E-state index contributed by atoms with van der Waals surface area (Å²) in [5.41, 5.74) is 10.5. The lowest BCUT2D eigenvalue weighted by atomic mass is 10.0. The van der Waals surface area contributed by atoms with Crippen molar-refractivity contribution in [2.75, 3.05) is 0 Å². The average Bonchev–Trinajstić information content (AvgIpc) is 2.88. The minimum absolute atomic E-state index is 0.106. The van der Waals surface area contributed by atoms with Crippen LogP contribution in [0.15, 0.2) is 0 Å². The van der Waals surface area contributed by atoms with Gasteiger partial charge in [-0.25, -0.2) is 0 Å². The first-order valence-corrected chi connectivity index (χ1v) is 15.0. The molecule has 12 nitrogen and oxygen atoms in total. The number of unbranched alkanes of at least 4 members (excludes halogenated alkanes) is 8. The van der Waals surface area contributed by atoms with Crippen LogP contribution in [-0.4, -0.2) is 65.2 Å². The summed E-state index contributed by atoms with van der Waals surface area (Å²) in [6.07, 6.45) is 9.41. The molecule has 0 fully saturated rings. The zero-order chi connectivity index (χ0) is 31.2. The standard InChI is InChI=1S/C29H53N5O7/c1-4-5-6-7-8-9-10-11-12-13-22(36)17-27(39)33-24(18-26(31)38)29(41)34-23(14-15-25(30)37)28(40)32-21(19-35)16-20(2)3/h19-24,36H,4-18H2,1-3H3,(H2,30,37)(H2,31,38)(H,32,40)(H,33,39)(H,34,41). The van der Waals surface area contributed by atoms with E-state index < -0.39 is 60.2 Å². The van der Waals surface area contributed by atoms with Crippen molar-refractivity contribution in [1.82, 2.24) is 16.0 Å². The molecule has 0 aliphatic heterocycles. The van der Waals surface area contributed by atoms with Crippen LogP contribution in [0.2, 0.25) is 0 Å². The summed E-state index contributed by atoms with van der Waals surface area (Å²) in [5, 5.41) is 17.7. The van der Waals surface area contributed by atoms with Crippen LogP contribution in [0.3, 0.4) is 0 Å². The van der Waals surface area contributed by atoms with Crippen LogP contribution in [-0.2, 0) is 28.8 Å². The Morgan fingerprint density at radius 2 is 1.29 bits per heavy atom. The summed E-state index contributed by atoms with van der Waals surface area (Å²) < 4.78 is 0. The van der Waals surface area contributed by atoms with Gasteiger partial charge in [0.1, 0.15) is 18.4 Å². The van der Waals surface area contributed by atoms with E-state index >= 15 is 0 Å². The average molecular weight is 584 g/mol. The molecule has 0 aliphatic carbocycles. The number of carbonyl (C=O) groups is 6. The Balaban J connectivity index is 4.98. The first kappa shape index (κ1) is 38.0. The van der Waals surface area contributed by atoms with E-state index in [2.05, 4.69) is 22.9 Å². The van der Waals surface area contributed by atoms with Crippen LogP contribution in [0.4, 0.5) is 0 Å². The fraction of sp³-hybridized carbons (Fsp3) is 0.793. The Morgan fingerprint density at radius 3 is 1.80 bits per heavy atom. The summed E-state index contributed by atoms with van der Waals surface area (Å²) in [5.74, 6) is -3.69. The number of hydrogen-bond donors (Lipinski definition) is 6. The number of carbonyl (C=O) groups excluding carboxylic acids is 6. The topological polar surface area (TPSA) is 211 Å². The van der Waals surface area contributed by atoms with E-state index in [1.165, 1.54) is 32.1 Å². The molecule has 236 valence electrons. The first-order chi connectivity index (χ1) is 19.4. The molecule has 0 saturated heterocycles. The molecule has 0 aliphatic rings. The molecule has 12 heteroatoms. The third-order valence-corrected chi connectivity index (χ3v) is 6.65. The van der Waals surface area contributed by atoms with E-state index in [0.29, 0.717) is 19.1 Å². The van der Waals surface area contributed by atoms with Gasteiger partial charge in [0.05, 0.1) is 25.0 Å². The van der Waals surface area contributed by atoms with E-state index in [-0.39, 0.29) is 25.2 Å². The van der Waals surface area contributed by atoms with Crippen molar-refractivity contribution in [3.05, 3.63) is 0 Å². The summed E-state index contributed by atoms with van der Waals surface area (Å²) >= 11 is 0. The lowest BCUT2D eigenvalue weighted by Crippen LogP contribution is -2.56. The molecule has 4 unspecified atom stereocenters. The monoisotopic (exact) mass is 583 g/mol. The van der Waals surface area contributed by atoms with Crippen molar-refractivity contribution in [2.24, 2.45) is 17.4 Å². The Labute approximate surface area is 244 Å². The zero-order valence-electron chi connectivity index (χ0n) is 25.1. The van der Waals surface area contributed by atoms with Crippen molar-refractivity contribution in [1.29, 1.82) is 0 Å². The summed E-state index contributed by atoms with van der Waals surface area (Å²) in [7, 11) is 0. The fourth-order valence-electron chi connectivity index (χ4n) is 4.44. The van der Waals surface area contributed by atoms with Gasteiger partial charge in [-0.3, -0.25) is 24.0 Å². The minimum Gasteiger partial charge on any atom is -0.393 e. The highest BCUT2D eigenvalue weighted by Gasteiger charge is 2.29. The second kappa shape index (κ2) is 22.6. The van der Waals surface area contributed by atoms with Crippen molar-refractivity contribution >= 4 is 35.8 Å². The number of hydrogen-bond acceptors (Lipinski definition) is 7. The molecule has 4 atom stereocenters. The number of amides is 5. The van der Waals surface area contributed by atoms with Crippen LogP contribution in [0.25, 0.3) is 0 Å². The maximum atomic E-state index is 13.0. The number of nitrogens with one attached hydrogen (secondary N) is 3. The number of rotatable bonds is 25. The normalized spacial score (nSPS) is 14.0. The zero-order valence-corrected chi connectivity index (χ0v) is 25.1. The lowest BCUT2D eigenvalue weighted by molar-refractivity contribution is -0.134. The van der Waals surface area contributed by atoms with E-state index in [0.717, 1.165) is 25.7 Å². The predicted octanol–water partition coefficient (Wildman–Crippen LogP) is 1.50. The van der Waals surface area contributed by atoms with Crippen LogP contribution in [0.5, 0.6) is 0 Å². The molecule has 0 aromatic carbocycles. The molecular formula is C29H53N5O7. The Hall–Kier alpha value is -3.02. The number of aldehydes is 1. The molecule has 0 radical (unpaired) electrons. The summed E-state index contributed by atoms with van der Waals surface area (Å²) in [6.45, 7) is 5.93. The number of aliphatic hydroxyl groups is 1. The molecule has 0 saturated carbocycles. The van der Waals surface area contributed by atoms with Gasteiger partial charge in [-0.1, -0.05) is 78.6 Å². The predicted molar refractivity (Wildman–Crippen MR) is 156 cm³/mol. The van der Waals surface area contributed by atoms with Crippen LogP contribution < -0.4 is 27.4 Å². The van der Waals surface area contributed by atoms with Crippen LogP contribution in [0, 0.1) is 5.92 Å². The van der Waals surface area contributed by atoms with E-state index in [1.807, 2.05) is 13.8 Å². The largest absolute Gasteiger partial charge is 0.393 e. The van der Waals surface area contributed by atoms with Crippen molar-refractivity contribution in [2.45, 2.75) is 141 Å². The van der Waals surface area contributed by atoms with Gasteiger partial charge in [0, 0.05) is 6.42 Å². The third kappa shape index (κ3) is 20.5. The highest BCUT2D eigenvalue weighted by atomic mass is 16.3. The van der Waals surface area contributed by atoms with Gasteiger partial charge in [0.15, 0.2) is 0 Å². The Bertz CT molecular complexity index is 821. The highest BCUT2D eigenvalue weighted by Crippen LogP contribution is 2.13. The Kier molecular flexibility index (Phi) is 21.0. The van der Waals surface area contributed by atoms with Crippen LogP contribution >= 0.6 is 0 Å². The van der Waals surface area contributed by atoms with E-state index in [9.17, 15) is 33.9 Å². The van der Waals surface area contributed by atoms with Crippen LogP contribution in [0.1, 0.15) is 117 Å². The van der Waals surface area contributed by atoms with Gasteiger partial charge in [0.25, 0.3) is 0 Å². The van der Waals surface area contributed by atoms with E-state index in [4.69, 9.17) is 11.5 Å². The summed E-state index contributed by atoms with van der Waals surface area (Å²) in [4.78, 5) is 72.7. The van der Waals surface area contributed by atoms with E-state index in [1.54, 1.807) is 0 Å². The van der Waals surface area contributed by atoms with Gasteiger partial charge in [-0.2, -0.15) is 0 Å². The molecule has 0 bridgehead atoms. The van der Waals surface area contributed by atoms with Gasteiger partial charge in [-0.15, -0.1) is 0 Å². The fourth-order valence-corrected chi connectivity index (χ4v) is 4.44. The van der Waals surface area contributed by atoms with Crippen molar-refractivity contribution in [3.63, 3.8) is 0 Å². The molecule has 0 aromatic heterocycles. The molecule has 8 N–H and O–H groups in total. The van der Waals surface area contributed by atoms with Gasteiger partial charge < -0.3 is 37.3 Å². The molecule has 0 aromatic rings. The molecular weight excluding hydrogens is 530 g/mol. The lowest BCUT2D eigenvalue weighted by Gasteiger charge is -2.24. The maximum Gasteiger partial charge on any atom is 0.243 e.